The van der Waals surface area contributed by atoms with Crippen LogP contribution in [0.5, 0.6) is 5.75 Å². The van der Waals surface area contributed by atoms with E-state index in [9.17, 15) is 4.79 Å². The molecule has 4 rings (SSSR count). The largest absolute Gasteiger partial charge is 0.495 e. The molecule has 3 aromatic carbocycles. The Bertz CT molecular complexity index is 956. The smallest absolute Gasteiger partial charge is 0.258 e. The van der Waals surface area contributed by atoms with Gasteiger partial charge in [-0.3, -0.25) is 9.69 Å². The van der Waals surface area contributed by atoms with E-state index in [1.807, 2.05) is 72.8 Å². The average Bonchev–Trinajstić information content (AvgIpc) is 2.68. The Labute approximate surface area is 160 Å². The number of hydrogen-bond acceptors (Lipinski definition) is 3. The lowest BCUT2D eigenvalue weighted by atomic mass is 10.0. The van der Waals surface area contributed by atoms with Gasteiger partial charge in [-0.2, -0.15) is 0 Å². The minimum Gasteiger partial charge on any atom is -0.495 e. The summed E-state index contributed by atoms with van der Waals surface area (Å²) in [5.41, 5.74) is 3.37. The molecule has 1 N–H and O–H groups in total. The fourth-order valence-corrected chi connectivity index (χ4v) is 3.46. The molecule has 1 atom stereocenters. The van der Waals surface area contributed by atoms with Crippen LogP contribution < -0.4 is 15.0 Å². The first-order valence-electron chi connectivity index (χ1n) is 8.27. The minimum atomic E-state index is -0.470. The van der Waals surface area contributed by atoms with Gasteiger partial charge in [0.1, 0.15) is 11.8 Å². The van der Waals surface area contributed by atoms with Crippen LogP contribution in [-0.4, -0.2) is 13.0 Å². The zero-order chi connectivity index (χ0) is 18.1. The summed E-state index contributed by atoms with van der Waals surface area (Å²) in [6, 6.07) is 22.7. The second kappa shape index (κ2) is 6.84. The molecule has 26 heavy (non-hydrogen) atoms. The van der Waals surface area contributed by atoms with Crippen molar-refractivity contribution in [3.8, 4) is 5.75 Å². The second-order valence-electron chi connectivity index (χ2n) is 5.99. The SMILES string of the molecule is COc1ccccc1N1C(=O)C(c2ccc(Br)cc2)Nc2ccccc21. The molecule has 1 heterocycles. The molecule has 1 amide bonds. The highest BCUT2D eigenvalue weighted by Crippen LogP contribution is 2.43. The number of nitrogens with one attached hydrogen (secondary N) is 1. The van der Waals surface area contributed by atoms with Crippen LogP contribution in [0.2, 0.25) is 0 Å². The zero-order valence-electron chi connectivity index (χ0n) is 14.1. The average molecular weight is 409 g/mol. The van der Waals surface area contributed by atoms with E-state index in [0.717, 1.165) is 27.1 Å². The fraction of sp³-hybridized carbons (Fsp3) is 0.0952. The first-order valence-corrected chi connectivity index (χ1v) is 9.06. The van der Waals surface area contributed by atoms with Gasteiger partial charge in [0.25, 0.3) is 5.91 Å². The molecule has 0 spiro atoms. The lowest BCUT2D eigenvalue weighted by Gasteiger charge is -2.36. The Kier molecular flexibility index (Phi) is 4.39. The Morgan fingerprint density at radius 2 is 1.58 bits per heavy atom. The summed E-state index contributed by atoms with van der Waals surface area (Å²) in [4.78, 5) is 15.2. The standard InChI is InChI=1S/C21H17BrN2O2/c1-26-19-9-5-4-8-18(19)24-17-7-3-2-6-16(17)23-20(21(24)25)14-10-12-15(22)13-11-14/h2-13,20,23H,1H3. The molecular formula is C21H17BrN2O2. The summed E-state index contributed by atoms with van der Waals surface area (Å²) in [6.45, 7) is 0. The first-order chi connectivity index (χ1) is 12.7. The molecule has 0 saturated heterocycles. The van der Waals surface area contributed by atoms with Crippen LogP contribution in [0.25, 0.3) is 0 Å². The highest BCUT2D eigenvalue weighted by atomic mass is 79.9. The number of para-hydroxylation sites is 4. The zero-order valence-corrected chi connectivity index (χ0v) is 15.7. The highest BCUT2D eigenvalue weighted by Gasteiger charge is 2.35. The predicted molar refractivity (Wildman–Crippen MR) is 107 cm³/mol. The summed E-state index contributed by atoms with van der Waals surface area (Å²) in [5, 5.41) is 3.37. The molecular weight excluding hydrogens is 392 g/mol. The Morgan fingerprint density at radius 1 is 0.923 bits per heavy atom. The molecule has 1 aliphatic rings. The minimum absolute atomic E-state index is 0.0458. The summed E-state index contributed by atoms with van der Waals surface area (Å²) in [7, 11) is 1.61. The molecule has 4 nitrogen and oxygen atoms in total. The molecule has 0 aliphatic carbocycles. The number of nitrogens with zero attached hydrogens (tertiary/aromatic N) is 1. The number of carbonyl (C=O) groups is 1. The van der Waals surface area contributed by atoms with Crippen molar-refractivity contribution in [1.82, 2.24) is 0 Å². The third-order valence-corrected chi connectivity index (χ3v) is 4.97. The number of carbonyl (C=O) groups excluding carboxylic acids is 1. The third-order valence-electron chi connectivity index (χ3n) is 4.44. The van der Waals surface area contributed by atoms with E-state index in [2.05, 4.69) is 21.2 Å². The van der Waals surface area contributed by atoms with Gasteiger partial charge in [0, 0.05) is 4.47 Å². The number of hydrogen-bond donors (Lipinski definition) is 1. The van der Waals surface area contributed by atoms with Crippen molar-refractivity contribution in [1.29, 1.82) is 0 Å². The summed E-state index contributed by atoms with van der Waals surface area (Å²) in [5.74, 6) is 0.614. The maximum absolute atomic E-state index is 13.4. The number of halogens is 1. The Balaban J connectivity index is 1.86. The third kappa shape index (κ3) is 2.84. The molecule has 1 aliphatic heterocycles. The van der Waals surface area contributed by atoms with E-state index < -0.39 is 6.04 Å². The monoisotopic (exact) mass is 408 g/mol. The number of ether oxygens (including phenoxy) is 1. The second-order valence-corrected chi connectivity index (χ2v) is 6.91. The number of benzene rings is 3. The number of rotatable bonds is 3. The van der Waals surface area contributed by atoms with Crippen LogP contribution in [0.1, 0.15) is 11.6 Å². The molecule has 0 fully saturated rings. The van der Waals surface area contributed by atoms with Crippen molar-refractivity contribution in [2.24, 2.45) is 0 Å². The van der Waals surface area contributed by atoms with Gasteiger partial charge >= 0.3 is 0 Å². The fourth-order valence-electron chi connectivity index (χ4n) is 3.20. The van der Waals surface area contributed by atoms with E-state index in [1.54, 1.807) is 12.0 Å². The van der Waals surface area contributed by atoms with E-state index in [1.165, 1.54) is 0 Å². The summed E-state index contributed by atoms with van der Waals surface area (Å²) in [6.07, 6.45) is 0. The van der Waals surface area contributed by atoms with Crippen LogP contribution in [-0.2, 0) is 4.79 Å². The van der Waals surface area contributed by atoms with E-state index in [0.29, 0.717) is 5.75 Å². The Morgan fingerprint density at radius 3 is 2.31 bits per heavy atom. The van der Waals surface area contributed by atoms with Gasteiger partial charge in [-0.05, 0) is 42.0 Å². The van der Waals surface area contributed by atoms with Crippen LogP contribution in [0.4, 0.5) is 17.1 Å². The van der Waals surface area contributed by atoms with Gasteiger partial charge in [-0.15, -0.1) is 0 Å². The molecule has 5 heteroatoms. The molecule has 0 saturated carbocycles. The quantitative estimate of drug-likeness (QED) is 0.639. The van der Waals surface area contributed by atoms with Gasteiger partial charge in [0.15, 0.2) is 0 Å². The van der Waals surface area contributed by atoms with Crippen molar-refractivity contribution in [2.45, 2.75) is 6.04 Å². The van der Waals surface area contributed by atoms with Crippen molar-refractivity contribution in [2.75, 3.05) is 17.3 Å². The van der Waals surface area contributed by atoms with E-state index >= 15 is 0 Å². The van der Waals surface area contributed by atoms with Crippen LogP contribution in [0.3, 0.4) is 0 Å². The molecule has 1 unspecified atom stereocenters. The highest BCUT2D eigenvalue weighted by molar-refractivity contribution is 9.10. The lowest BCUT2D eigenvalue weighted by molar-refractivity contribution is -0.119. The number of methoxy groups -OCH3 is 1. The summed E-state index contributed by atoms with van der Waals surface area (Å²) >= 11 is 3.45. The number of anilines is 3. The van der Waals surface area contributed by atoms with Crippen molar-refractivity contribution in [3.63, 3.8) is 0 Å². The van der Waals surface area contributed by atoms with Crippen molar-refractivity contribution in [3.05, 3.63) is 82.8 Å². The van der Waals surface area contributed by atoms with Crippen LogP contribution in [0, 0.1) is 0 Å². The molecule has 0 radical (unpaired) electrons. The molecule has 0 bridgehead atoms. The van der Waals surface area contributed by atoms with Gasteiger partial charge in [0.05, 0.1) is 24.2 Å². The summed E-state index contributed by atoms with van der Waals surface area (Å²) < 4.78 is 6.48. The van der Waals surface area contributed by atoms with Gasteiger partial charge in [0.2, 0.25) is 0 Å². The molecule has 130 valence electrons. The van der Waals surface area contributed by atoms with Crippen LogP contribution in [0.15, 0.2) is 77.3 Å². The topological polar surface area (TPSA) is 41.6 Å². The van der Waals surface area contributed by atoms with Gasteiger partial charge < -0.3 is 10.1 Å². The predicted octanol–water partition coefficient (Wildman–Crippen LogP) is 5.29. The molecule has 0 aromatic heterocycles. The first kappa shape index (κ1) is 16.7. The van der Waals surface area contributed by atoms with E-state index in [4.69, 9.17) is 4.74 Å². The van der Waals surface area contributed by atoms with Gasteiger partial charge in [-0.1, -0.05) is 52.3 Å². The normalized spacial score (nSPS) is 16.0. The number of fused-ring (bicyclic) bond motifs is 1. The van der Waals surface area contributed by atoms with Gasteiger partial charge in [-0.25, -0.2) is 0 Å². The maximum Gasteiger partial charge on any atom is 0.258 e. The van der Waals surface area contributed by atoms with E-state index in [-0.39, 0.29) is 5.91 Å². The Hall–Kier alpha value is -2.79. The van der Waals surface area contributed by atoms with Crippen molar-refractivity contribution >= 4 is 38.9 Å². The maximum atomic E-state index is 13.4. The molecule has 3 aromatic rings. The van der Waals surface area contributed by atoms with Crippen molar-refractivity contribution < 1.29 is 9.53 Å². The lowest BCUT2D eigenvalue weighted by Crippen LogP contribution is -2.39. The number of amides is 1. The van der Waals surface area contributed by atoms with Crippen LogP contribution >= 0.6 is 15.9 Å².